The molecule has 1 unspecified atom stereocenters. The molecule has 1 atom stereocenters. The SMILES string of the molecule is CN=C(NCCCN(C)c1ccccc1F)NCC1CCCS1. The largest absolute Gasteiger partial charge is 0.372 e. The van der Waals surface area contributed by atoms with Gasteiger partial charge in [0, 0.05) is 39.0 Å². The lowest BCUT2D eigenvalue weighted by molar-refractivity contribution is 0.619. The van der Waals surface area contributed by atoms with Crippen LogP contribution < -0.4 is 15.5 Å². The van der Waals surface area contributed by atoms with Gasteiger partial charge < -0.3 is 15.5 Å². The Morgan fingerprint density at radius 3 is 2.91 bits per heavy atom. The third kappa shape index (κ3) is 5.94. The first-order valence-electron chi connectivity index (χ1n) is 8.22. The standard InChI is InChI=1S/C17H27FN4S/c1-19-17(21-13-14-7-5-12-23-14)20-10-6-11-22(2)16-9-4-3-8-15(16)18/h3-4,8-9,14H,5-7,10-13H2,1-2H3,(H2,19,20,21). The van der Waals surface area contributed by atoms with Crippen molar-refractivity contribution in [2.24, 2.45) is 4.99 Å². The molecule has 4 nitrogen and oxygen atoms in total. The molecule has 0 aliphatic carbocycles. The average Bonchev–Trinajstić information content (AvgIpc) is 3.08. The number of nitrogens with zero attached hydrogens (tertiary/aromatic N) is 2. The van der Waals surface area contributed by atoms with Crippen LogP contribution in [0.1, 0.15) is 19.3 Å². The molecule has 1 heterocycles. The Hall–Kier alpha value is -1.43. The second-order valence-electron chi connectivity index (χ2n) is 5.74. The zero-order valence-corrected chi connectivity index (χ0v) is 14.8. The highest BCUT2D eigenvalue weighted by Crippen LogP contribution is 2.25. The fraction of sp³-hybridized carbons (Fsp3) is 0.588. The fourth-order valence-corrected chi connectivity index (χ4v) is 3.84. The van der Waals surface area contributed by atoms with Gasteiger partial charge in [0.1, 0.15) is 5.82 Å². The van der Waals surface area contributed by atoms with E-state index in [0.717, 1.165) is 32.0 Å². The molecule has 2 rings (SSSR count). The number of aliphatic imine (C=N–C) groups is 1. The van der Waals surface area contributed by atoms with Crippen LogP contribution in [0.25, 0.3) is 0 Å². The molecule has 0 spiro atoms. The molecule has 0 amide bonds. The summed E-state index contributed by atoms with van der Waals surface area (Å²) in [4.78, 5) is 6.20. The molecule has 0 radical (unpaired) electrons. The molecule has 1 aliphatic heterocycles. The minimum Gasteiger partial charge on any atom is -0.372 e. The van der Waals surface area contributed by atoms with Crippen LogP contribution in [0.4, 0.5) is 10.1 Å². The molecular weight excluding hydrogens is 311 g/mol. The van der Waals surface area contributed by atoms with Gasteiger partial charge in [-0.15, -0.1) is 0 Å². The second kappa shape index (κ2) is 9.65. The van der Waals surface area contributed by atoms with Gasteiger partial charge in [-0.1, -0.05) is 12.1 Å². The first kappa shape index (κ1) is 17.9. The third-order valence-electron chi connectivity index (χ3n) is 3.97. The number of thioether (sulfide) groups is 1. The van der Waals surface area contributed by atoms with E-state index in [1.807, 2.05) is 35.8 Å². The highest BCUT2D eigenvalue weighted by molar-refractivity contribution is 8.00. The molecule has 1 saturated heterocycles. The van der Waals surface area contributed by atoms with Crippen LogP contribution in [0.2, 0.25) is 0 Å². The highest BCUT2D eigenvalue weighted by atomic mass is 32.2. The number of nitrogens with one attached hydrogen (secondary N) is 2. The zero-order chi connectivity index (χ0) is 16.5. The van der Waals surface area contributed by atoms with Crippen LogP contribution >= 0.6 is 11.8 Å². The van der Waals surface area contributed by atoms with Crippen LogP contribution in [0, 0.1) is 5.82 Å². The van der Waals surface area contributed by atoms with E-state index in [9.17, 15) is 4.39 Å². The summed E-state index contributed by atoms with van der Waals surface area (Å²) < 4.78 is 13.7. The maximum Gasteiger partial charge on any atom is 0.191 e. The molecule has 0 aromatic heterocycles. The van der Waals surface area contributed by atoms with Gasteiger partial charge in [0.15, 0.2) is 5.96 Å². The smallest absolute Gasteiger partial charge is 0.191 e. The molecule has 1 fully saturated rings. The summed E-state index contributed by atoms with van der Waals surface area (Å²) >= 11 is 2.04. The van der Waals surface area contributed by atoms with Gasteiger partial charge in [-0.2, -0.15) is 11.8 Å². The Bertz CT molecular complexity index is 503. The monoisotopic (exact) mass is 338 g/mol. The normalized spacial score (nSPS) is 18.0. The van der Waals surface area contributed by atoms with Gasteiger partial charge in [-0.05, 0) is 37.1 Å². The predicted molar refractivity (Wildman–Crippen MR) is 99.1 cm³/mol. The van der Waals surface area contributed by atoms with Crippen molar-refractivity contribution in [2.75, 3.05) is 44.4 Å². The van der Waals surface area contributed by atoms with Crippen molar-refractivity contribution in [2.45, 2.75) is 24.5 Å². The summed E-state index contributed by atoms with van der Waals surface area (Å²) in [5, 5.41) is 7.42. The number of rotatable bonds is 7. The molecule has 2 N–H and O–H groups in total. The number of anilines is 1. The minimum absolute atomic E-state index is 0.172. The van der Waals surface area contributed by atoms with E-state index < -0.39 is 0 Å². The van der Waals surface area contributed by atoms with Crippen LogP contribution in [0.3, 0.4) is 0 Å². The van der Waals surface area contributed by atoms with Gasteiger partial charge in [0.05, 0.1) is 5.69 Å². The number of hydrogen-bond donors (Lipinski definition) is 2. The first-order chi connectivity index (χ1) is 11.2. The van der Waals surface area contributed by atoms with Crippen molar-refractivity contribution < 1.29 is 4.39 Å². The number of benzene rings is 1. The van der Waals surface area contributed by atoms with Crippen molar-refractivity contribution in [3.8, 4) is 0 Å². The lowest BCUT2D eigenvalue weighted by atomic mass is 10.2. The molecule has 128 valence electrons. The number of para-hydroxylation sites is 1. The van der Waals surface area contributed by atoms with E-state index in [4.69, 9.17) is 0 Å². The van der Waals surface area contributed by atoms with Crippen molar-refractivity contribution in [3.05, 3.63) is 30.1 Å². The minimum atomic E-state index is -0.172. The van der Waals surface area contributed by atoms with E-state index in [1.165, 1.54) is 24.7 Å². The third-order valence-corrected chi connectivity index (χ3v) is 5.37. The summed E-state index contributed by atoms with van der Waals surface area (Å²) in [6.07, 6.45) is 3.54. The Balaban J connectivity index is 1.64. The van der Waals surface area contributed by atoms with Gasteiger partial charge in [0.2, 0.25) is 0 Å². The van der Waals surface area contributed by atoms with Crippen molar-refractivity contribution in [1.82, 2.24) is 10.6 Å². The van der Waals surface area contributed by atoms with E-state index in [1.54, 1.807) is 13.1 Å². The van der Waals surface area contributed by atoms with Crippen LogP contribution in [0.15, 0.2) is 29.3 Å². The van der Waals surface area contributed by atoms with Crippen LogP contribution in [0.5, 0.6) is 0 Å². The van der Waals surface area contributed by atoms with Gasteiger partial charge in [-0.25, -0.2) is 4.39 Å². The molecule has 1 aliphatic rings. The van der Waals surface area contributed by atoms with Gasteiger partial charge in [0.25, 0.3) is 0 Å². The summed E-state index contributed by atoms with van der Waals surface area (Å²) in [5.74, 6) is 1.96. The van der Waals surface area contributed by atoms with Crippen molar-refractivity contribution >= 4 is 23.4 Å². The lowest BCUT2D eigenvalue weighted by Crippen LogP contribution is -2.41. The number of hydrogen-bond acceptors (Lipinski definition) is 3. The molecule has 1 aromatic rings. The summed E-state index contributed by atoms with van der Waals surface area (Å²) in [5.41, 5.74) is 0.647. The molecule has 1 aromatic carbocycles. The molecular formula is C17H27FN4S. The molecule has 0 saturated carbocycles. The summed E-state index contributed by atoms with van der Waals surface area (Å²) in [7, 11) is 3.71. The van der Waals surface area contributed by atoms with Crippen LogP contribution in [-0.4, -0.2) is 50.7 Å². The second-order valence-corrected chi connectivity index (χ2v) is 7.15. The van der Waals surface area contributed by atoms with Gasteiger partial charge >= 0.3 is 0 Å². The Morgan fingerprint density at radius 2 is 2.22 bits per heavy atom. The maximum atomic E-state index is 13.7. The Kier molecular flexibility index (Phi) is 7.52. The van der Waals surface area contributed by atoms with Gasteiger partial charge in [-0.3, -0.25) is 4.99 Å². The summed E-state index contributed by atoms with van der Waals surface area (Å²) in [6.45, 7) is 2.58. The highest BCUT2D eigenvalue weighted by Gasteiger charge is 2.15. The van der Waals surface area contributed by atoms with E-state index in [-0.39, 0.29) is 5.82 Å². The van der Waals surface area contributed by atoms with Crippen molar-refractivity contribution in [3.63, 3.8) is 0 Å². The molecule has 6 heteroatoms. The molecule has 23 heavy (non-hydrogen) atoms. The van der Waals surface area contributed by atoms with E-state index in [0.29, 0.717) is 10.9 Å². The summed E-state index contributed by atoms with van der Waals surface area (Å²) in [6, 6.07) is 6.88. The molecule has 0 bridgehead atoms. The van der Waals surface area contributed by atoms with Crippen LogP contribution in [-0.2, 0) is 0 Å². The number of halogens is 1. The van der Waals surface area contributed by atoms with Crippen molar-refractivity contribution in [1.29, 1.82) is 0 Å². The first-order valence-corrected chi connectivity index (χ1v) is 9.27. The van der Waals surface area contributed by atoms with E-state index >= 15 is 0 Å². The topological polar surface area (TPSA) is 39.7 Å². The predicted octanol–water partition coefficient (Wildman–Crippen LogP) is 2.71. The number of guanidine groups is 1. The van der Waals surface area contributed by atoms with E-state index in [2.05, 4.69) is 15.6 Å². The maximum absolute atomic E-state index is 13.7. The fourth-order valence-electron chi connectivity index (χ4n) is 2.64. The Labute approximate surface area is 142 Å². The Morgan fingerprint density at radius 1 is 1.39 bits per heavy atom. The average molecular weight is 338 g/mol. The zero-order valence-electron chi connectivity index (χ0n) is 14.0. The lowest BCUT2D eigenvalue weighted by Gasteiger charge is -2.20. The quantitative estimate of drug-likeness (QED) is 0.456.